The molecule has 2 aliphatic heterocycles. The largest absolute Gasteiger partial charge is 0.493 e. The van der Waals surface area contributed by atoms with Crippen molar-refractivity contribution in [3.8, 4) is 11.5 Å². The molecule has 220 valence electrons. The molecule has 2 N–H and O–H groups in total. The van der Waals surface area contributed by atoms with Crippen LogP contribution in [0.5, 0.6) is 11.5 Å². The Morgan fingerprint density at radius 2 is 1.73 bits per heavy atom. The molecule has 1 fully saturated rings. The quantitative estimate of drug-likeness (QED) is 0.412. The molecule has 0 spiro atoms. The van der Waals surface area contributed by atoms with Gasteiger partial charge in [0.15, 0.2) is 12.4 Å². The molecule has 0 radical (unpaired) electrons. The Balaban J connectivity index is 1.67. The predicted octanol–water partition coefficient (Wildman–Crippen LogP) is 4.17. The van der Waals surface area contributed by atoms with E-state index in [-0.39, 0.29) is 24.1 Å². The number of Topliss-reactive ketones (excluding diaryl/α,β-unsaturated/α-hetero) is 1. The summed E-state index contributed by atoms with van der Waals surface area (Å²) in [5.41, 5.74) is 3.38. The molecular formula is C31H40N4O6. The summed E-state index contributed by atoms with van der Waals surface area (Å²) in [7, 11) is 3.34. The van der Waals surface area contributed by atoms with E-state index < -0.39 is 18.0 Å². The highest BCUT2D eigenvalue weighted by atomic mass is 16.5. The van der Waals surface area contributed by atoms with E-state index in [1.54, 1.807) is 43.3 Å². The third-order valence-electron chi connectivity index (χ3n) is 7.39. The Labute approximate surface area is 241 Å². The van der Waals surface area contributed by atoms with E-state index in [1.807, 2.05) is 27.7 Å². The molecule has 2 aromatic rings. The number of nitrogens with one attached hydrogen (secondary N) is 1. The number of carboxylic acid groups (broad SMARTS) is 1. The summed E-state index contributed by atoms with van der Waals surface area (Å²) in [5, 5.41) is 18.1. The van der Waals surface area contributed by atoms with Crippen LogP contribution in [0, 0.1) is 5.41 Å². The molecule has 2 aromatic carbocycles. The number of amidine groups is 1. The zero-order chi connectivity index (χ0) is 30.1. The number of nitrogens with zero attached hydrogens (tertiary/aromatic N) is 3. The number of carboxylic acids is 1. The predicted molar refractivity (Wildman–Crippen MR) is 157 cm³/mol. The van der Waals surface area contributed by atoms with Gasteiger partial charge in [0.2, 0.25) is 0 Å². The molecule has 4 rings (SSSR count). The van der Waals surface area contributed by atoms with Crippen LogP contribution >= 0.6 is 0 Å². The zero-order valence-electron chi connectivity index (χ0n) is 24.8. The Kier molecular flexibility index (Phi) is 8.60. The van der Waals surface area contributed by atoms with Gasteiger partial charge in [0.05, 0.1) is 24.4 Å². The van der Waals surface area contributed by atoms with Gasteiger partial charge in [-0.15, -0.1) is 0 Å². The summed E-state index contributed by atoms with van der Waals surface area (Å²) in [6.07, 6.45) is 2.01. The van der Waals surface area contributed by atoms with Crippen molar-refractivity contribution < 1.29 is 29.0 Å². The van der Waals surface area contributed by atoms with Crippen molar-refractivity contribution in [1.29, 1.82) is 5.41 Å². The fraction of sp³-hybridized carbons (Fsp3) is 0.484. The molecule has 10 nitrogen and oxygen atoms in total. The van der Waals surface area contributed by atoms with Gasteiger partial charge >= 0.3 is 5.97 Å². The van der Waals surface area contributed by atoms with Gasteiger partial charge in [-0.3, -0.25) is 15.0 Å². The third kappa shape index (κ3) is 6.31. The average molecular weight is 565 g/mol. The van der Waals surface area contributed by atoms with Crippen molar-refractivity contribution in [3.05, 3.63) is 52.1 Å². The number of hydrogen-bond acceptors (Lipinski definition) is 7. The van der Waals surface area contributed by atoms with Crippen molar-refractivity contribution in [3.63, 3.8) is 0 Å². The van der Waals surface area contributed by atoms with Crippen molar-refractivity contribution in [2.24, 2.45) is 0 Å². The zero-order valence-corrected chi connectivity index (χ0v) is 24.8. The first-order chi connectivity index (χ1) is 19.3. The highest BCUT2D eigenvalue weighted by molar-refractivity contribution is 6.08. The van der Waals surface area contributed by atoms with Crippen LogP contribution in [0.15, 0.2) is 24.3 Å². The number of anilines is 1. The molecule has 2 heterocycles. The number of rotatable bonds is 10. The van der Waals surface area contributed by atoms with Crippen LogP contribution in [0.4, 0.5) is 5.69 Å². The molecule has 0 aromatic heterocycles. The Bertz CT molecular complexity index is 1370. The lowest BCUT2D eigenvalue weighted by Gasteiger charge is -2.29. The highest BCUT2D eigenvalue weighted by Crippen LogP contribution is 2.42. The summed E-state index contributed by atoms with van der Waals surface area (Å²) < 4.78 is 11.6. The minimum absolute atomic E-state index is 0.0210. The molecule has 0 unspecified atom stereocenters. The van der Waals surface area contributed by atoms with E-state index in [4.69, 9.17) is 14.9 Å². The summed E-state index contributed by atoms with van der Waals surface area (Å²) in [6, 6.07) is 7.08. The molecule has 1 amide bonds. The van der Waals surface area contributed by atoms with Crippen LogP contribution in [-0.2, 0) is 16.8 Å². The van der Waals surface area contributed by atoms with Crippen LogP contribution < -0.4 is 14.4 Å². The third-order valence-corrected chi connectivity index (χ3v) is 7.39. The van der Waals surface area contributed by atoms with E-state index >= 15 is 0 Å². The second kappa shape index (κ2) is 11.8. The van der Waals surface area contributed by atoms with Gasteiger partial charge in [-0.05, 0) is 55.0 Å². The van der Waals surface area contributed by atoms with Crippen molar-refractivity contribution >= 4 is 29.2 Å². The van der Waals surface area contributed by atoms with E-state index in [1.165, 1.54) is 4.90 Å². The molecule has 0 bridgehead atoms. The second-order valence-corrected chi connectivity index (χ2v) is 11.8. The van der Waals surface area contributed by atoms with E-state index in [0.717, 1.165) is 42.7 Å². The van der Waals surface area contributed by atoms with E-state index in [9.17, 15) is 19.5 Å². The number of benzene rings is 2. The van der Waals surface area contributed by atoms with Gasteiger partial charge < -0.3 is 29.3 Å². The number of amides is 1. The van der Waals surface area contributed by atoms with Gasteiger partial charge in [0, 0.05) is 50.4 Å². The summed E-state index contributed by atoms with van der Waals surface area (Å²) in [4.78, 5) is 43.3. The number of ketones is 1. The maximum absolute atomic E-state index is 13.8. The number of ether oxygens (including phenoxy) is 2. The summed E-state index contributed by atoms with van der Waals surface area (Å²) >= 11 is 0. The highest BCUT2D eigenvalue weighted by Gasteiger charge is 2.32. The minimum Gasteiger partial charge on any atom is -0.493 e. The molecule has 41 heavy (non-hydrogen) atoms. The molecule has 0 saturated carbocycles. The minimum atomic E-state index is -1.06. The smallest absolute Gasteiger partial charge is 0.341 e. The first-order valence-electron chi connectivity index (χ1n) is 14.0. The summed E-state index contributed by atoms with van der Waals surface area (Å²) in [5.74, 6) is -0.288. The summed E-state index contributed by atoms with van der Waals surface area (Å²) in [6.45, 7) is 9.72. The van der Waals surface area contributed by atoms with Gasteiger partial charge in [0.1, 0.15) is 17.3 Å². The number of aliphatic carboxylic acids is 1. The molecule has 2 aliphatic rings. The molecule has 1 saturated heterocycles. The fourth-order valence-electron chi connectivity index (χ4n) is 5.32. The number of carbonyl (C=O) groups excluding carboxylic acids is 2. The topological polar surface area (TPSA) is 123 Å². The normalized spacial score (nSPS) is 14.7. The lowest BCUT2D eigenvalue weighted by Crippen LogP contribution is -2.31. The molecule has 10 heteroatoms. The average Bonchev–Trinajstić information content (AvgIpc) is 3.54. The Morgan fingerprint density at radius 3 is 2.32 bits per heavy atom. The van der Waals surface area contributed by atoms with Crippen molar-refractivity contribution in [2.75, 3.05) is 51.8 Å². The number of hydrogen-bond donors (Lipinski definition) is 2. The van der Waals surface area contributed by atoms with Crippen LogP contribution in [0.2, 0.25) is 0 Å². The van der Waals surface area contributed by atoms with Crippen LogP contribution in [0.3, 0.4) is 0 Å². The monoisotopic (exact) mass is 564 g/mol. The number of carbonyl (C=O) groups is 3. The molecular weight excluding hydrogens is 524 g/mol. The lowest BCUT2D eigenvalue weighted by molar-refractivity contribution is -0.139. The van der Waals surface area contributed by atoms with Crippen molar-refractivity contribution in [1.82, 2.24) is 9.80 Å². The Hall–Kier alpha value is -4.08. The maximum atomic E-state index is 13.8. The molecule has 0 atom stereocenters. The standard InChI is InChI=1S/C31H40N4O6/c1-7-40-26-14-20-16-35(29(32)21(20)15-22(26)30(39)33(5)6)17-25(36)19-12-23(31(2,3)4)28(41-18-27(37)38)24(13-19)34-10-8-9-11-34/h12-15,32H,7-11,16-18H2,1-6H3,(H,37,38). The number of fused-ring (bicyclic) bond motifs is 1. The van der Waals surface area contributed by atoms with Gasteiger partial charge in [0.25, 0.3) is 5.91 Å². The first kappa shape index (κ1) is 29.9. The van der Waals surface area contributed by atoms with Gasteiger partial charge in [-0.25, -0.2) is 4.79 Å². The van der Waals surface area contributed by atoms with Crippen LogP contribution in [0.25, 0.3) is 0 Å². The first-order valence-corrected chi connectivity index (χ1v) is 14.0. The maximum Gasteiger partial charge on any atom is 0.341 e. The SMILES string of the molecule is CCOc1cc2c(cc1C(=O)N(C)C)C(=N)N(CC(=O)c1cc(N3CCCC3)c(OCC(=O)O)c(C(C)(C)C)c1)C2. The van der Waals surface area contributed by atoms with Crippen LogP contribution in [0.1, 0.15) is 77.9 Å². The lowest BCUT2D eigenvalue weighted by atomic mass is 9.84. The van der Waals surface area contributed by atoms with E-state index in [0.29, 0.717) is 41.3 Å². The fourth-order valence-corrected chi connectivity index (χ4v) is 5.32. The molecule has 0 aliphatic carbocycles. The Morgan fingerprint density at radius 1 is 1.05 bits per heavy atom. The van der Waals surface area contributed by atoms with Crippen molar-refractivity contribution in [2.45, 2.75) is 52.5 Å². The second-order valence-electron chi connectivity index (χ2n) is 11.8. The van der Waals surface area contributed by atoms with Crippen LogP contribution in [-0.4, -0.2) is 85.3 Å². The van der Waals surface area contributed by atoms with Gasteiger partial charge in [-0.2, -0.15) is 0 Å². The van der Waals surface area contributed by atoms with E-state index in [2.05, 4.69) is 4.90 Å². The van der Waals surface area contributed by atoms with Gasteiger partial charge in [-0.1, -0.05) is 20.8 Å².